The first-order chi connectivity index (χ1) is 13.9. The van der Waals surface area contributed by atoms with Crippen molar-refractivity contribution in [2.75, 3.05) is 19.9 Å². The molecule has 0 aliphatic carbocycles. The van der Waals surface area contributed by atoms with E-state index in [-0.39, 0.29) is 29.9 Å². The fourth-order valence-electron chi connectivity index (χ4n) is 3.73. The van der Waals surface area contributed by atoms with Gasteiger partial charge in [0.15, 0.2) is 17.3 Å². The molecule has 9 nitrogen and oxygen atoms in total. The van der Waals surface area contributed by atoms with Gasteiger partial charge in [0.1, 0.15) is 10.6 Å². The number of sulfonamides is 1. The third-order valence-corrected chi connectivity index (χ3v) is 7.33. The van der Waals surface area contributed by atoms with Crippen LogP contribution in [0.1, 0.15) is 29.9 Å². The van der Waals surface area contributed by atoms with Gasteiger partial charge >= 0.3 is 0 Å². The molecule has 0 radical (unpaired) electrons. The van der Waals surface area contributed by atoms with Crippen molar-refractivity contribution in [3.8, 4) is 11.5 Å². The van der Waals surface area contributed by atoms with E-state index in [9.17, 15) is 13.2 Å². The second kappa shape index (κ2) is 7.68. The maximum Gasteiger partial charge on any atom is 0.248 e. The highest BCUT2D eigenvalue weighted by Crippen LogP contribution is 2.32. The summed E-state index contributed by atoms with van der Waals surface area (Å²) in [6, 6.07) is 5.50. The zero-order chi connectivity index (χ0) is 20.6. The van der Waals surface area contributed by atoms with Crippen LogP contribution in [-0.4, -0.2) is 43.7 Å². The Labute approximate surface area is 169 Å². The maximum atomic E-state index is 13.0. The number of benzene rings is 1. The van der Waals surface area contributed by atoms with Crippen LogP contribution in [0.4, 0.5) is 0 Å². The lowest BCUT2D eigenvalue weighted by Crippen LogP contribution is -2.45. The smallest absolute Gasteiger partial charge is 0.248 e. The first-order valence-electron chi connectivity index (χ1n) is 9.45. The van der Waals surface area contributed by atoms with Crippen molar-refractivity contribution in [1.82, 2.24) is 14.8 Å². The van der Waals surface area contributed by atoms with Gasteiger partial charge in [-0.2, -0.15) is 4.31 Å². The highest BCUT2D eigenvalue weighted by Gasteiger charge is 2.36. The van der Waals surface area contributed by atoms with Crippen molar-refractivity contribution in [3.05, 3.63) is 35.2 Å². The lowest BCUT2D eigenvalue weighted by molar-refractivity contribution is -0.126. The third kappa shape index (κ3) is 3.82. The SMILES string of the molecule is Cc1noc(C)c1S(=O)(=O)N1CCCC(C(=O)NCc2ccc3c(c2)OCO3)C1. The zero-order valence-corrected chi connectivity index (χ0v) is 17.1. The molecule has 1 aromatic heterocycles. The molecule has 29 heavy (non-hydrogen) atoms. The van der Waals surface area contributed by atoms with Crippen LogP contribution < -0.4 is 14.8 Å². The van der Waals surface area contributed by atoms with Crippen LogP contribution in [0.5, 0.6) is 11.5 Å². The summed E-state index contributed by atoms with van der Waals surface area (Å²) in [6.07, 6.45) is 1.26. The lowest BCUT2D eigenvalue weighted by Gasteiger charge is -2.31. The molecule has 1 unspecified atom stereocenters. The number of rotatable bonds is 5. The minimum atomic E-state index is -3.75. The van der Waals surface area contributed by atoms with E-state index >= 15 is 0 Å². The minimum absolute atomic E-state index is 0.0962. The fourth-order valence-corrected chi connectivity index (χ4v) is 5.55. The molecular weight excluding hydrogens is 398 g/mol. The standard InChI is InChI=1S/C19H23N3O6S/c1-12-18(13(2)28-21-12)29(24,25)22-7-3-4-15(10-22)19(23)20-9-14-5-6-16-17(8-14)27-11-26-16/h5-6,8,15H,3-4,7,9-11H2,1-2H3,(H,20,23). The van der Waals surface area contributed by atoms with Gasteiger partial charge in [-0.05, 0) is 44.4 Å². The number of ether oxygens (including phenoxy) is 2. The van der Waals surface area contributed by atoms with Crippen LogP contribution in [0, 0.1) is 19.8 Å². The summed E-state index contributed by atoms with van der Waals surface area (Å²) in [5.41, 5.74) is 1.22. The topological polar surface area (TPSA) is 111 Å². The van der Waals surface area contributed by atoms with Crippen LogP contribution in [0.2, 0.25) is 0 Å². The number of nitrogens with zero attached hydrogens (tertiary/aromatic N) is 2. The summed E-state index contributed by atoms with van der Waals surface area (Å²) in [5.74, 6) is 1.03. The Kier molecular flexibility index (Phi) is 5.22. The molecule has 156 valence electrons. The number of carbonyl (C=O) groups is 1. The molecule has 1 saturated heterocycles. The Balaban J connectivity index is 1.41. The molecule has 0 saturated carbocycles. The van der Waals surface area contributed by atoms with E-state index in [0.717, 1.165) is 5.56 Å². The number of aromatic nitrogens is 1. The summed E-state index contributed by atoms with van der Waals surface area (Å²) in [5, 5.41) is 6.64. The predicted octanol–water partition coefficient (Wildman–Crippen LogP) is 1.74. The van der Waals surface area contributed by atoms with E-state index in [2.05, 4.69) is 10.5 Å². The van der Waals surface area contributed by atoms with E-state index in [0.29, 0.717) is 43.1 Å². The molecule has 2 aromatic rings. The van der Waals surface area contributed by atoms with Gasteiger partial charge in [-0.1, -0.05) is 11.2 Å². The van der Waals surface area contributed by atoms with Crippen molar-refractivity contribution in [2.24, 2.45) is 5.92 Å². The normalized spacial score (nSPS) is 19.3. The van der Waals surface area contributed by atoms with Crippen LogP contribution in [0.15, 0.2) is 27.6 Å². The largest absolute Gasteiger partial charge is 0.454 e. The molecule has 1 fully saturated rings. The second-order valence-corrected chi connectivity index (χ2v) is 9.14. The van der Waals surface area contributed by atoms with Gasteiger partial charge < -0.3 is 19.3 Å². The number of aryl methyl sites for hydroxylation is 2. The third-order valence-electron chi connectivity index (χ3n) is 5.22. The van der Waals surface area contributed by atoms with Crippen LogP contribution in [-0.2, 0) is 21.4 Å². The average molecular weight is 421 g/mol. The molecule has 0 bridgehead atoms. The second-order valence-electron chi connectivity index (χ2n) is 7.26. The Bertz CT molecular complexity index is 1010. The molecule has 1 atom stereocenters. The molecule has 10 heteroatoms. The number of amides is 1. The Hall–Kier alpha value is -2.59. The Morgan fingerprint density at radius 3 is 2.83 bits per heavy atom. The van der Waals surface area contributed by atoms with Gasteiger partial charge in [0.25, 0.3) is 0 Å². The van der Waals surface area contributed by atoms with E-state index in [4.69, 9.17) is 14.0 Å². The molecule has 1 amide bonds. The highest BCUT2D eigenvalue weighted by molar-refractivity contribution is 7.89. The van der Waals surface area contributed by atoms with E-state index in [1.807, 2.05) is 18.2 Å². The quantitative estimate of drug-likeness (QED) is 0.783. The Morgan fingerprint density at radius 1 is 1.28 bits per heavy atom. The summed E-state index contributed by atoms with van der Waals surface area (Å²) >= 11 is 0. The molecular formula is C19H23N3O6S. The zero-order valence-electron chi connectivity index (χ0n) is 16.3. The number of fused-ring (bicyclic) bond motifs is 1. The number of hydrogen-bond acceptors (Lipinski definition) is 7. The average Bonchev–Trinajstić information content (AvgIpc) is 3.31. The molecule has 1 N–H and O–H groups in total. The summed E-state index contributed by atoms with van der Waals surface area (Å²) < 4.78 is 43.0. The molecule has 4 rings (SSSR count). The fraction of sp³-hybridized carbons (Fsp3) is 0.474. The van der Waals surface area contributed by atoms with Gasteiger partial charge in [-0.25, -0.2) is 8.42 Å². The van der Waals surface area contributed by atoms with Crippen molar-refractivity contribution in [3.63, 3.8) is 0 Å². The first kappa shape index (κ1) is 19.7. The maximum absolute atomic E-state index is 13.0. The predicted molar refractivity (Wildman–Crippen MR) is 102 cm³/mol. The molecule has 2 aliphatic heterocycles. The monoisotopic (exact) mass is 421 g/mol. The highest BCUT2D eigenvalue weighted by atomic mass is 32.2. The van der Waals surface area contributed by atoms with Gasteiger partial charge in [-0.3, -0.25) is 4.79 Å². The van der Waals surface area contributed by atoms with Gasteiger partial charge in [0, 0.05) is 19.6 Å². The van der Waals surface area contributed by atoms with Crippen LogP contribution >= 0.6 is 0 Å². The van der Waals surface area contributed by atoms with E-state index in [1.54, 1.807) is 13.8 Å². The van der Waals surface area contributed by atoms with E-state index in [1.165, 1.54) is 4.31 Å². The first-order valence-corrected chi connectivity index (χ1v) is 10.9. The summed E-state index contributed by atoms with van der Waals surface area (Å²) in [4.78, 5) is 12.8. The number of nitrogens with one attached hydrogen (secondary N) is 1. The number of piperidine rings is 1. The molecule has 1 aromatic carbocycles. The van der Waals surface area contributed by atoms with E-state index < -0.39 is 15.9 Å². The van der Waals surface area contributed by atoms with Crippen LogP contribution in [0.25, 0.3) is 0 Å². The van der Waals surface area contributed by atoms with Crippen molar-refractivity contribution in [1.29, 1.82) is 0 Å². The summed E-state index contributed by atoms with van der Waals surface area (Å²) in [7, 11) is -3.75. The molecule has 2 aliphatic rings. The minimum Gasteiger partial charge on any atom is -0.454 e. The molecule has 0 spiro atoms. The number of carbonyl (C=O) groups excluding carboxylic acids is 1. The van der Waals surface area contributed by atoms with Crippen molar-refractivity contribution >= 4 is 15.9 Å². The molecule has 3 heterocycles. The van der Waals surface area contributed by atoms with Crippen molar-refractivity contribution < 1.29 is 27.2 Å². The number of hydrogen-bond donors (Lipinski definition) is 1. The van der Waals surface area contributed by atoms with Gasteiger partial charge in [0.05, 0.1) is 5.92 Å². The van der Waals surface area contributed by atoms with Gasteiger partial charge in [-0.15, -0.1) is 0 Å². The summed E-state index contributed by atoms with van der Waals surface area (Å²) in [6.45, 7) is 4.22. The van der Waals surface area contributed by atoms with Gasteiger partial charge in [0.2, 0.25) is 22.7 Å². The van der Waals surface area contributed by atoms with Crippen LogP contribution in [0.3, 0.4) is 0 Å². The van der Waals surface area contributed by atoms with Crippen molar-refractivity contribution in [2.45, 2.75) is 38.1 Å². The Morgan fingerprint density at radius 2 is 2.07 bits per heavy atom. The lowest BCUT2D eigenvalue weighted by atomic mass is 9.98.